The van der Waals surface area contributed by atoms with E-state index in [2.05, 4.69) is 26.6 Å². The third kappa shape index (κ3) is 7.77. The Labute approximate surface area is 168 Å². The minimum Gasteiger partial charge on any atom is -0.444 e. The Morgan fingerprint density at radius 3 is 2.31 bits per heavy atom. The van der Waals surface area contributed by atoms with E-state index in [9.17, 15) is 18.0 Å². The number of alkyl halides is 3. The molecule has 2 rings (SSSR count). The number of hydrogen-bond donors (Lipinski definition) is 2. The molecular formula is C20H28F3N3O3. The van der Waals surface area contributed by atoms with Gasteiger partial charge in [-0.05, 0) is 52.3 Å². The van der Waals surface area contributed by atoms with Crippen LogP contribution in [0.2, 0.25) is 0 Å². The van der Waals surface area contributed by atoms with E-state index in [4.69, 9.17) is 4.74 Å². The van der Waals surface area contributed by atoms with Gasteiger partial charge in [0.15, 0.2) is 5.60 Å². The zero-order valence-corrected chi connectivity index (χ0v) is 17.5. The van der Waals surface area contributed by atoms with Gasteiger partial charge in [0.25, 0.3) is 0 Å². The number of H-pyrrole nitrogens is 1. The second kappa shape index (κ2) is 9.30. The van der Waals surface area contributed by atoms with E-state index in [1.807, 2.05) is 39.0 Å². The summed E-state index contributed by atoms with van der Waals surface area (Å²) >= 11 is 0. The van der Waals surface area contributed by atoms with Gasteiger partial charge in [-0.15, -0.1) is 0 Å². The number of fused-ring (bicyclic) bond motifs is 1. The molecule has 0 atom stereocenters. The van der Waals surface area contributed by atoms with Crippen LogP contribution < -0.4 is 5.32 Å². The molecule has 0 fully saturated rings. The van der Waals surface area contributed by atoms with Crippen molar-refractivity contribution in [2.24, 2.45) is 0 Å². The molecule has 2 N–H and O–H groups in total. The molecule has 0 radical (unpaired) electrons. The van der Waals surface area contributed by atoms with Crippen LogP contribution in [-0.4, -0.2) is 40.5 Å². The second-order valence-corrected chi connectivity index (χ2v) is 7.73. The topological polar surface area (TPSA) is 76.2 Å². The average Bonchev–Trinajstić information content (AvgIpc) is 3.00. The number of alkyl carbamates (subject to hydrolysis) is 1. The lowest BCUT2D eigenvalue weighted by atomic mass is 10.1. The van der Waals surface area contributed by atoms with E-state index in [0.717, 1.165) is 37.6 Å². The number of halogens is 3. The van der Waals surface area contributed by atoms with Gasteiger partial charge < -0.3 is 19.8 Å². The van der Waals surface area contributed by atoms with Crippen molar-refractivity contribution < 1.29 is 27.4 Å². The largest absolute Gasteiger partial charge is 0.444 e. The molecule has 1 aromatic carbocycles. The summed E-state index contributed by atoms with van der Waals surface area (Å²) in [6.45, 7) is 11.5. The van der Waals surface area contributed by atoms with E-state index >= 15 is 0 Å². The molecule has 0 bridgehead atoms. The Balaban J connectivity index is 0.000000396. The normalized spacial score (nSPS) is 12.2. The lowest BCUT2D eigenvalue weighted by Crippen LogP contribution is -2.40. The van der Waals surface area contributed by atoms with Gasteiger partial charge >= 0.3 is 12.3 Å². The van der Waals surface area contributed by atoms with Crippen molar-refractivity contribution in [2.45, 2.75) is 58.5 Å². The molecular weight excluding hydrogens is 387 g/mol. The number of carbonyl (C=O) groups excluding carboxylic acids is 1. The number of aromatic amines is 1. The maximum absolute atomic E-state index is 11.7. The molecule has 1 aromatic heterocycles. The Bertz CT molecular complexity index is 837. The number of aromatic nitrogens is 2. The quantitative estimate of drug-likeness (QED) is 0.719. The number of benzene rings is 1. The summed E-state index contributed by atoms with van der Waals surface area (Å²) in [5, 5.41) is 2.67. The Morgan fingerprint density at radius 1 is 1.24 bits per heavy atom. The van der Waals surface area contributed by atoms with Crippen LogP contribution in [0.25, 0.3) is 17.1 Å². The molecule has 1 heterocycles. The summed E-state index contributed by atoms with van der Waals surface area (Å²) in [6.07, 6.45) is -2.95. The van der Waals surface area contributed by atoms with Gasteiger partial charge in [0.2, 0.25) is 0 Å². The minimum atomic E-state index is -4.28. The van der Waals surface area contributed by atoms with Crippen molar-refractivity contribution in [1.82, 2.24) is 15.3 Å². The molecule has 0 aliphatic rings. The van der Waals surface area contributed by atoms with Gasteiger partial charge in [-0.1, -0.05) is 18.7 Å². The molecule has 1 amide bonds. The van der Waals surface area contributed by atoms with Crippen molar-refractivity contribution in [1.29, 1.82) is 0 Å². The third-order valence-electron chi connectivity index (χ3n) is 3.78. The first kappa shape index (κ1) is 24.5. The lowest BCUT2D eigenvalue weighted by Gasteiger charge is -2.25. The van der Waals surface area contributed by atoms with Gasteiger partial charge in [-0.2, -0.15) is 13.2 Å². The van der Waals surface area contributed by atoms with Gasteiger partial charge in [0.1, 0.15) is 11.4 Å². The van der Waals surface area contributed by atoms with Crippen LogP contribution in [0.15, 0.2) is 24.8 Å². The van der Waals surface area contributed by atoms with E-state index in [1.54, 1.807) is 6.08 Å². The molecule has 0 aliphatic heterocycles. The van der Waals surface area contributed by atoms with Crippen LogP contribution >= 0.6 is 0 Å². The minimum absolute atomic E-state index is 0.299. The van der Waals surface area contributed by atoms with E-state index in [-0.39, 0.29) is 0 Å². The zero-order chi connectivity index (χ0) is 22.5. The number of nitrogens with one attached hydrogen (secondary N) is 2. The molecule has 6 nitrogen and oxygen atoms in total. The summed E-state index contributed by atoms with van der Waals surface area (Å²) in [7, 11) is 1.04. The summed E-state index contributed by atoms with van der Waals surface area (Å²) in [6, 6.07) is 5.83. The van der Waals surface area contributed by atoms with Gasteiger partial charge in [-0.3, -0.25) is 0 Å². The predicted molar refractivity (Wildman–Crippen MR) is 106 cm³/mol. The standard InChI is InChI=1S/C15H19N3O2.C5H9F3O/c1-5-10-6-7-11-12(8-10)18-13(17-11)9-16-14(19)20-15(2,3)4;1-4(2,9-3)5(6,7)8/h5-8H,1,9H2,2-4H3,(H,16,19)(H,17,18);1-3H3. The maximum atomic E-state index is 11.7. The van der Waals surface area contributed by atoms with Crippen LogP contribution in [0.1, 0.15) is 46.0 Å². The molecule has 0 saturated carbocycles. The highest BCUT2D eigenvalue weighted by molar-refractivity contribution is 5.78. The van der Waals surface area contributed by atoms with Gasteiger partial charge in [0, 0.05) is 7.11 Å². The highest BCUT2D eigenvalue weighted by atomic mass is 19.4. The molecule has 0 spiro atoms. The fraction of sp³-hybridized carbons (Fsp3) is 0.500. The number of amides is 1. The number of methoxy groups -OCH3 is 1. The number of rotatable bonds is 4. The second-order valence-electron chi connectivity index (χ2n) is 7.73. The number of ether oxygens (including phenoxy) is 2. The maximum Gasteiger partial charge on any atom is 0.416 e. The average molecular weight is 415 g/mol. The summed E-state index contributed by atoms with van der Waals surface area (Å²) in [5.74, 6) is 0.687. The first-order valence-electron chi connectivity index (χ1n) is 8.88. The van der Waals surface area contributed by atoms with Crippen molar-refractivity contribution in [3.8, 4) is 0 Å². The van der Waals surface area contributed by atoms with Crippen LogP contribution in [0.5, 0.6) is 0 Å². The van der Waals surface area contributed by atoms with E-state index in [1.165, 1.54) is 0 Å². The smallest absolute Gasteiger partial charge is 0.416 e. The highest BCUT2D eigenvalue weighted by Crippen LogP contribution is 2.31. The molecule has 0 saturated heterocycles. The molecule has 9 heteroatoms. The highest BCUT2D eigenvalue weighted by Gasteiger charge is 2.47. The molecule has 0 aliphatic carbocycles. The first-order valence-corrected chi connectivity index (χ1v) is 8.88. The predicted octanol–water partition coefficient (Wildman–Crippen LogP) is 5.20. The summed E-state index contributed by atoms with van der Waals surface area (Å²) < 4.78 is 44.5. The summed E-state index contributed by atoms with van der Waals surface area (Å²) in [5.41, 5.74) is 0.275. The fourth-order valence-electron chi connectivity index (χ4n) is 1.88. The molecule has 2 aromatic rings. The van der Waals surface area contributed by atoms with Crippen molar-refractivity contribution >= 4 is 23.2 Å². The van der Waals surface area contributed by atoms with Gasteiger partial charge in [-0.25, -0.2) is 9.78 Å². The first-order chi connectivity index (χ1) is 13.2. The van der Waals surface area contributed by atoms with E-state index < -0.39 is 23.5 Å². The Morgan fingerprint density at radius 2 is 1.86 bits per heavy atom. The monoisotopic (exact) mass is 415 g/mol. The third-order valence-corrected chi connectivity index (χ3v) is 3.78. The number of imidazole rings is 1. The van der Waals surface area contributed by atoms with Crippen molar-refractivity contribution in [2.75, 3.05) is 7.11 Å². The van der Waals surface area contributed by atoms with Crippen LogP contribution in [0.3, 0.4) is 0 Å². The molecule has 162 valence electrons. The summed E-state index contributed by atoms with van der Waals surface area (Å²) in [4.78, 5) is 19.1. The Hall–Kier alpha value is -2.55. The SMILES string of the molecule is C=Cc1ccc2nc(CNC(=O)OC(C)(C)C)[nH]c2c1.COC(C)(C)C(F)(F)F. The Kier molecular flexibility index (Phi) is 7.85. The molecule has 0 unspecified atom stereocenters. The fourth-order valence-corrected chi connectivity index (χ4v) is 1.88. The number of carbonyl (C=O) groups is 1. The van der Waals surface area contributed by atoms with Crippen LogP contribution in [-0.2, 0) is 16.0 Å². The zero-order valence-electron chi connectivity index (χ0n) is 17.5. The van der Waals surface area contributed by atoms with Crippen molar-refractivity contribution in [3.05, 3.63) is 36.2 Å². The lowest BCUT2D eigenvalue weighted by molar-refractivity contribution is -0.255. The molecule has 29 heavy (non-hydrogen) atoms. The number of nitrogens with zero attached hydrogens (tertiary/aromatic N) is 1. The van der Waals surface area contributed by atoms with Gasteiger partial charge in [0.05, 0.1) is 17.6 Å². The van der Waals surface area contributed by atoms with Crippen LogP contribution in [0, 0.1) is 0 Å². The number of hydrogen-bond acceptors (Lipinski definition) is 4. The van der Waals surface area contributed by atoms with Crippen molar-refractivity contribution in [3.63, 3.8) is 0 Å². The van der Waals surface area contributed by atoms with E-state index in [0.29, 0.717) is 12.4 Å². The van der Waals surface area contributed by atoms with Crippen LogP contribution in [0.4, 0.5) is 18.0 Å².